The van der Waals surface area contributed by atoms with Crippen molar-refractivity contribution in [2.24, 2.45) is 5.92 Å². The van der Waals surface area contributed by atoms with Gasteiger partial charge in [0, 0.05) is 24.4 Å². The summed E-state index contributed by atoms with van der Waals surface area (Å²) >= 11 is 0. The lowest BCUT2D eigenvalue weighted by Gasteiger charge is -2.29. The van der Waals surface area contributed by atoms with Crippen molar-refractivity contribution >= 4 is 5.70 Å². The molecule has 0 N–H and O–H groups in total. The molecule has 1 aromatic carbocycles. The molecule has 1 nitrogen and oxygen atoms in total. The first kappa shape index (κ1) is 19.8. The van der Waals surface area contributed by atoms with Gasteiger partial charge in [0.05, 0.1) is 0 Å². The molecule has 0 bridgehead atoms. The van der Waals surface area contributed by atoms with Crippen LogP contribution in [-0.4, -0.2) is 18.0 Å². The van der Waals surface area contributed by atoms with Crippen LogP contribution in [0.1, 0.15) is 75.1 Å². The fourth-order valence-corrected chi connectivity index (χ4v) is 3.44. The second-order valence-corrected chi connectivity index (χ2v) is 7.22. The van der Waals surface area contributed by atoms with E-state index in [2.05, 4.69) is 65.2 Å². The highest BCUT2D eigenvalue weighted by molar-refractivity contribution is 5.68. The molecule has 0 spiro atoms. The lowest BCUT2D eigenvalue weighted by Crippen LogP contribution is -2.24. The van der Waals surface area contributed by atoms with E-state index in [1.807, 2.05) is 0 Å². The Labute approximate surface area is 144 Å². The summed E-state index contributed by atoms with van der Waals surface area (Å²) in [6, 6.07) is 4.56. The van der Waals surface area contributed by atoms with Crippen LogP contribution in [0.15, 0.2) is 18.7 Å². The van der Waals surface area contributed by atoms with Crippen LogP contribution in [0, 0.1) is 26.7 Å². The van der Waals surface area contributed by atoms with Gasteiger partial charge in [0.1, 0.15) is 0 Å². The molecule has 0 aliphatic heterocycles. The highest BCUT2D eigenvalue weighted by Crippen LogP contribution is 2.27. The van der Waals surface area contributed by atoms with Crippen molar-refractivity contribution in [2.75, 3.05) is 13.1 Å². The molecule has 1 aromatic rings. The van der Waals surface area contributed by atoms with E-state index in [0.717, 1.165) is 19.0 Å². The molecule has 1 atom stereocenters. The molecule has 23 heavy (non-hydrogen) atoms. The van der Waals surface area contributed by atoms with Gasteiger partial charge in [-0.3, -0.25) is 0 Å². The van der Waals surface area contributed by atoms with E-state index >= 15 is 0 Å². The normalized spacial score (nSPS) is 12.3. The van der Waals surface area contributed by atoms with E-state index in [4.69, 9.17) is 0 Å². The van der Waals surface area contributed by atoms with Gasteiger partial charge in [-0.15, -0.1) is 0 Å². The summed E-state index contributed by atoms with van der Waals surface area (Å²) in [6.45, 7) is 20.2. The van der Waals surface area contributed by atoms with Crippen LogP contribution in [0.4, 0.5) is 0 Å². The summed E-state index contributed by atoms with van der Waals surface area (Å²) in [7, 11) is 0. The molecular weight excluding hydrogens is 278 g/mol. The van der Waals surface area contributed by atoms with Crippen molar-refractivity contribution in [1.82, 2.24) is 4.90 Å². The second-order valence-electron chi connectivity index (χ2n) is 7.22. The van der Waals surface area contributed by atoms with E-state index < -0.39 is 0 Å². The summed E-state index contributed by atoms with van der Waals surface area (Å²) in [5.41, 5.74) is 6.62. The maximum absolute atomic E-state index is 4.45. The number of aryl methyl sites for hydroxylation is 3. The Bertz CT molecular complexity index is 478. The predicted molar refractivity (Wildman–Crippen MR) is 105 cm³/mol. The van der Waals surface area contributed by atoms with Crippen LogP contribution in [0.5, 0.6) is 0 Å². The molecule has 0 aliphatic rings. The molecule has 0 aromatic heterocycles. The fraction of sp³-hybridized carbons (Fsp3) is 0.636. The minimum absolute atomic E-state index is 0.861. The number of unbranched alkanes of at least 4 members (excludes halogenated alkanes) is 1. The lowest BCUT2D eigenvalue weighted by atomic mass is 9.96. The van der Waals surface area contributed by atoms with Gasteiger partial charge in [-0.05, 0) is 50.7 Å². The van der Waals surface area contributed by atoms with Crippen molar-refractivity contribution in [3.8, 4) is 0 Å². The topological polar surface area (TPSA) is 3.24 Å². The molecule has 0 fully saturated rings. The van der Waals surface area contributed by atoms with Crippen LogP contribution in [0.2, 0.25) is 0 Å². The zero-order valence-corrected chi connectivity index (χ0v) is 16.3. The third-order valence-electron chi connectivity index (χ3n) is 4.91. The van der Waals surface area contributed by atoms with Crippen LogP contribution in [0.3, 0.4) is 0 Å². The fourth-order valence-electron chi connectivity index (χ4n) is 3.44. The molecule has 1 unspecified atom stereocenters. The second kappa shape index (κ2) is 9.80. The quantitative estimate of drug-likeness (QED) is 0.445. The van der Waals surface area contributed by atoms with Crippen LogP contribution >= 0.6 is 0 Å². The highest BCUT2D eigenvalue weighted by atomic mass is 15.1. The monoisotopic (exact) mass is 315 g/mol. The summed E-state index contributed by atoms with van der Waals surface area (Å²) in [5, 5.41) is 0. The molecule has 0 amide bonds. The molecule has 1 heteroatoms. The summed E-state index contributed by atoms with van der Waals surface area (Å²) in [4.78, 5) is 2.50. The minimum atomic E-state index is 0.861. The van der Waals surface area contributed by atoms with E-state index in [0.29, 0.717) is 0 Å². The molecule has 0 heterocycles. The standard InChI is InChI=1S/C22H37N/c1-8-13-23(14-11-10-12-17(3)9-2)21(7)22-19(5)15-18(4)16-20(22)6/h15-17H,7-14H2,1-6H3. The van der Waals surface area contributed by atoms with Crippen molar-refractivity contribution in [2.45, 2.75) is 73.6 Å². The number of benzene rings is 1. The first-order valence-corrected chi connectivity index (χ1v) is 9.42. The van der Waals surface area contributed by atoms with Gasteiger partial charge in [0.2, 0.25) is 0 Å². The highest BCUT2D eigenvalue weighted by Gasteiger charge is 2.14. The van der Waals surface area contributed by atoms with E-state index in [-0.39, 0.29) is 0 Å². The molecule has 1 rings (SSSR count). The molecule has 0 saturated heterocycles. The Kier molecular flexibility index (Phi) is 8.44. The van der Waals surface area contributed by atoms with E-state index in [1.165, 1.54) is 60.1 Å². The molecule has 130 valence electrons. The number of rotatable bonds is 10. The Morgan fingerprint density at radius 1 is 1.04 bits per heavy atom. The van der Waals surface area contributed by atoms with Crippen LogP contribution in [-0.2, 0) is 0 Å². The largest absolute Gasteiger partial charge is 0.372 e. The molecule has 0 radical (unpaired) electrons. The smallest absolute Gasteiger partial charge is 0.0372 e. The summed E-state index contributed by atoms with van der Waals surface area (Å²) < 4.78 is 0. The summed E-state index contributed by atoms with van der Waals surface area (Å²) in [5.74, 6) is 0.861. The number of hydrogen-bond donors (Lipinski definition) is 0. The van der Waals surface area contributed by atoms with Gasteiger partial charge < -0.3 is 4.90 Å². The molecule has 0 aliphatic carbocycles. The average molecular weight is 316 g/mol. The Balaban J connectivity index is 2.75. The summed E-state index contributed by atoms with van der Waals surface area (Å²) in [6.07, 6.45) is 6.43. The Morgan fingerprint density at radius 3 is 2.17 bits per heavy atom. The average Bonchev–Trinajstić information content (AvgIpc) is 2.48. The first-order valence-electron chi connectivity index (χ1n) is 9.42. The van der Waals surface area contributed by atoms with Crippen molar-refractivity contribution in [1.29, 1.82) is 0 Å². The van der Waals surface area contributed by atoms with Gasteiger partial charge in [-0.1, -0.05) is 64.3 Å². The van der Waals surface area contributed by atoms with Gasteiger partial charge in [0.15, 0.2) is 0 Å². The number of nitrogens with zero attached hydrogens (tertiary/aromatic N) is 1. The maximum atomic E-state index is 4.45. The van der Waals surface area contributed by atoms with Crippen LogP contribution in [0.25, 0.3) is 5.70 Å². The van der Waals surface area contributed by atoms with Gasteiger partial charge >= 0.3 is 0 Å². The first-order chi connectivity index (χ1) is 10.9. The Morgan fingerprint density at radius 2 is 1.65 bits per heavy atom. The van der Waals surface area contributed by atoms with Crippen molar-refractivity contribution in [3.05, 3.63) is 41.0 Å². The van der Waals surface area contributed by atoms with Crippen LogP contribution < -0.4 is 0 Å². The number of hydrogen-bond acceptors (Lipinski definition) is 1. The van der Waals surface area contributed by atoms with E-state index in [1.54, 1.807) is 0 Å². The third-order valence-corrected chi connectivity index (χ3v) is 4.91. The maximum Gasteiger partial charge on any atom is 0.0372 e. The van der Waals surface area contributed by atoms with Gasteiger partial charge in [0.25, 0.3) is 0 Å². The van der Waals surface area contributed by atoms with Crippen molar-refractivity contribution < 1.29 is 0 Å². The predicted octanol–water partition coefficient (Wildman–Crippen LogP) is 6.51. The SMILES string of the molecule is C=C(c1c(C)cc(C)cc1C)N(CCC)CCCCC(C)CC. The van der Waals surface area contributed by atoms with Gasteiger partial charge in [-0.2, -0.15) is 0 Å². The zero-order chi connectivity index (χ0) is 17.4. The minimum Gasteiger partial charge on any atom is -0.372 e. The lowest BCUT2D eigenvalue weighted by molar-refractivity contribution is 0.371. The van der Waals surface area contributed by atoms with E-state index in [9.17, 15) is 0 Å². The molecule has 0 saturated carbocycles. The van der Waals surface area contributed by atoms with Gasteiger partial charge in [-0.25, -0.2) is 0 Å². The third kappa shape index (κ3) is 6.05. The van der Waals surface area contributed by atoms with Crippen molar-refractivity contribution in [3.63, 3.8) is 0 Å². The zero-order valence-electron chi connectivity index (χ0n) is 16.3. The Hall–Kier alpha value is -1.24. The molecular formula is C22H37N.